The van der Waals surface area contributed by atoms with Crippen molar-refractivity contribution in [2.24, 2.45) is 5.92 Å². The predicted molar refractivity (Wildman–Crippen MR) is 112 cm³/mol. The fourth-order valence-electron chi connectivity index (χ4n) is 3.87. The summed E-state index contributed by atoms with van der Waals surface area (Å²) in [7, 11) is 0. The van der Waals surface area contributed by atoms with Gasteiger partial charge in [-0.25, -0.2) is 0 Å². The van der Waals surface area contributed by atoms with E-state index < -0.39 is 11.7 Å². The minimum absolute atomic E-state index is 0.0221. The van der Waals surface area contributed by atoms with Crippen LogP contribution >= 0.6 is 0 Å². The van der Waals surface area contributed by atoms with Crippen LogP contribution in [0.3, 0.4) is 0 Å². The van der Waals surface area contributed by atoms with Gasteiger partial charge in [0.1, 0.15) is 11.7 Å². The summed E-state index contributed by atoms with van der Waals surface area (Å²) in [5.41, 5.74) is 0.218. The molecule has 0 aromatic heterocycles. The second kappa shape index (κ2) is 11.2. The van der Waals surface area contributed by atoms with E-state index >= 15 is 0 Å². The average Bonchev–Trinajstić information content (AvgIpc) is 3.18. The minimum atomic E-state index is -0.899. The molecule has 0 spiro atoms. The van der Waals surface area contributed by atoms with Gasteiger partial charge in [0.15, 0.2) is 0 Å². The highest BCUT2D eigenvalue weighted by molar-refractivity contribution is 5.18. The largest absolute Gasteiger partial charge is 0.377 e. The second-order valence-corrected chi connectivity index (χ2v) is 7.98. The predicted octanol–water partition coefficient (Wildman–Crippen LogP) is 4.14. The number of ether oxygens (including phenoxy) is 1. The lowest BCUT2D eigenvalue weighted by Crippen LogP contribution is -2.56. The summed E-state index contributed by atoms with van der Waals surface area (Å²) in [6.45, 7) is 7.85. The van der Waals surface area contributed by atoms with Crippen molar-refractivity contribution in [2.45, 2.75) is 77.2 Å². The smallest absolute Gasteiger partial charge is 0.144 e. The highest BCUT2D eigenvalue weighted by Gasteiger charge is 2.46. The topological polar surface area (TPSA) is 56.5 Å². The zero-order chi connectivity index (χ0) is 20.4. The molecule has 4 nitrogen and oxygen atoms in total. The third-order valence-electron chi connectivity index (χ3n) is 5.69. The van der Waals surface area contributed by atoms with Crippen LogP contribution in [0.2, 0.25) is 0 Å². The Labute approximate surface area is 170 Å². The SMILES string of the molecule is CCCC[C@@H](C)C#C[C@@H](O)[C@](C)(OCc1ccccc1)[C@@H]1CCCN1CC#N. The molecule has 1 aromatic carbocycles. The van der Waals surface area contributed by atoms with Crippen LogP contribution in [-0.4, -0.2) is 40.8 Å². The number of aliphatic hydroxyl groups excluding tert-OH is 1. The van der Waals surface area contributed by atoms with Gasteiger partial charge in [-0.05, 0) is 38.3 Å². The number of nitrogens with zero attached hydrogens (tertiary/aromatic N) is 2. The lowest BCUT2D eigenvalue weighted by Gasteiger charge is -2.41. The molecule has 0 unspecified atom stereocenters. The Morgan fingerprint density at radius 2 is 2.07 bits per heavy atom. The molecular formula is C24H34N2O2. The van der Waals surface area contributed by atoms with Crippen molar-refractivity contribution in [3.05, 3.63) is 35.9 Å². The molecule has 0 amide bonds. The molecule has 1 fully saturated rings. The van der Waals surface area contributed by atoms with Crippen molar-refractivity contribution >= 4 is 0 Å². The number of rotatable bonds is 9. The van der Waals surface area contributed by atoms with Crippen LogP contribution < -0.4 is 0 Å². The van der Waals surface area contributed by atoms with E-state index in [0.29, 0.717) is 13.2 Å². The van der Waals surface area contributed by atoms with E-state index in [9.17, 15) is 10.4 Å². The van der Waals surface area contributed by atoms with Gasteiger partial charge in [0, 0.05) is 12.0 Å². The van der Waals surface area contributed by atoms with Crippen molar-refractivity contribution < 1.29 is 9.84 Å². The van der Waals surface area contributed by atoms with E-state index in [-0.39, 0.29) is 12.0 Å². The number of benzene rings is 1. The van der Waals surface area contributed by atoms with Crippen molar-refractivity contribution in [1.29, 1.82) is 5.26 Å². The molecule has 0 bridgehead atoms. The van der Waals surface area contributed by atoms with Gasteiger partial charge in [0.05, 0.1) is 19.2 Å². The maximum absolute atomic E-state index is 11.1. The Balaban J connectivity index is 2.19. The van der Waals surface area contributed by atoms with Gasteiger partial charge in [-0.15, -0.1) is 0 Å². The van der Waals surface area contributed by atoms with Crippen LogP contribution in [-0.2, 0) is 11.3 Å². The number of aliphatic hydroxyl groups is 1. The first-order chi connectivity index (χ1) is 13.5. The Morgan fingerprint density at radius 3 is 2.75 bits per heavy atom. The molecule has 1 N–H and O–H groups in total. The highest BCUT2D eigenvalue weighted by atomic mass is 16.5. The first kappa shape index (κ1) is 22.4. The molecule has 1 heterocycles. The van der Waals surface area contributed by atoms with Gasteiger partial charge < -0.3 is 9.84 Å². The van der Waals surface area contributed by atoms with Gasteiger partial charge in [-0.1, -0.05) is 68.9 Å². The molecule has 0 radical (unpaired) electrons. The number of hydrogen-bond acceptors (Lipinski definition) is 4. The molecule has 0 saturated carbocycles. The van der Waals surface area contributed by atoms with Gasteiger partial charge >= 0.3 is 0 Å². The van der Waals surface area contributed by atoms with Gasteiger partial charge in [-0.3, -0.25) is 4.90 Å². The fraction of sp³-hybridized carbons (Fsp3) is 0.625. The lowest BCUT2D eigenvalue weighted by molar-refractivity contribution is -0.137. The summed E-state index contributed by atoms with van der Waals surface area (Å²) in [4.78, 5) is 2.12. The molecule has 4 heteroatoms. The Kier molecular flexibility index (Phi) is 9.00. The molecule has 1 saturated heterocycles. The van der Waals surface area contributed by atoms with Crippen molar-refractivity contribution in [3.8, 4) is 17.9 Å². The number of unbranched alkanes of at least 4 members (excludes halogenated alkanes) is 1. The summed E-state index contributed by atoms with van der Waals surface area (Å²) < 4.78 is 6.35. The standard InChI is InChI=1S/C24H34N2O2/c1-4-5-10-20(2)14-15-23(27)24(3,22-13-9-17-26(22)18-16-25)28-19-21-11-7-6-8-12-21/h6-8,11-12,20,22-23,27H,4-5,9-10,13,17-19H2,1-3H3/t20-,22+,23-,24-/m1/s1. The zero-order valence-electron chi connectivity index (χ0n) is 17.5. The molecule has 152 valence electrons. The van der Waals surface area contributed by atoms with E-state index in [2.05, 4.69) is 36.7 Å². The molecule has 2 rings (SSSR count). The average molecular weight is 383 g/mol. The molecule has 4 atom stereocenters. The highest BCUT2D eigenvalue weighted by Crippen LogP contribution is 2.33. The molecule has 1 aliphatic rings. The molecule has 28 heavy (non-hydrogen) atoms. The molecule has 1 aliphatic heterocycles. The van der Waals surface area contributed by atoms with Crippen LogP contribution in [0.5, 0.6) is 0 Å². The Morgan fingerprint density at radius 1 is 1.32 bits per heavy atom. The third-order valence-corrected chi connectivity index (χ3v) is 5.69. The Bertz CT molecular complexity index is 688. The lowest BCUT2D eigenvalue weighted by atomic mass is 9.87. The van der Waals surface area contributed by atoms with Crippen molar-refractivity contribution in [3.63, 3.8) is 0 Å². The summed E-state index contributed by atoms with van der Waals surface area (Å²) in [6.07, 6.45) is 4.34. The summed E-state index contributed by atoms with van der Waals surface area (Å²) in [6, 6.07) is 12.2. The molecular weight excluding hydrogens is 348 g/mol. The Hall–Kier alpha value is -1.85. The maximum Gasteiger partial charge on any atom is 0.144 e. The monoisotopic (exact) mass is 382 g/mol. The summed E-state index contributed by atoms with van der Waals surface area (Å²) in [5.74, 6) is 6.56. The normalized spacial score (nSPS) is 21.2. The van der Waals surface area contributed by atoms with E-state index in [1.807, 2.05) is 37.3 Å². The zero-order valence-corrected chi connectivity index (χ0v) is 17.5. The summed E-state index contributed by atoms with van der Waals surface area (Å²) in [5, 5.41) is 20.3. The van der Waals surface area contributed by atoms with Crippen LogP contribution in [0, 0.1) is 29.1 Å². The van der Waals surface area contributed by atoms with Crippen LogP contribution in [0.1, 0.15) is 58.4 Å². The van der Waals surface area contributed by atoms with Crippen LogP contribution in [0.4, 0.5) is 0 Å². The van der Waals surface area contributed by atoms with Crippen LogP contribution in [0.25, 0.3) is 0 Å². The number of nitriles is 1. The fourth-order valence-corrected chi connectivity index (χ4v) is 3.87. The number of likely N-dealkylation sites (tertiary alicyclic amines) is 1. The van der Waals surface area contributed by atoms with Gasteiger partial charge in [0.2, 0.25) is 0 Å². The van der Waals surface area contributed by atoms with Gasteiger partial charge in [-0.2, -0.15) is 5.26 Å². The maximum atomic E-state index is 11.1. The van der Waals surface area contributed by atoms with Crippen molar-refractivity contribution in [1.82, 2.24) is 4.90 Å². The van der Waals surface area contributed by atoms with E-state index in [4.69, 9.17) is 4.74 Å². The third kappa shape index (κ3) is 6.08. The quantitative estimate of drug-likeness (QED) is 0.515. The second-order valence-electron chi connectivity index (χ2n) is 7.98. The van der Waals surface area contributed by atoms with E-state index in [0.717, 1.165) is 44.2 Å². The first-order valence-electron chi connectivity index (χ1n) is 10.5. The molecule has 1 aromatic rings. The number of hydrogen-bond donors (Lipinski definition) is 1. The minimum Gasteiger partial charge on any atom is -0.377 e. The summed E-state index contributed by atoms with van der Waals surface area (Å²) >= 11 is 0. The van der Waals surface area contributed by atoms with E-state index in [1.165, 1.54) is 0 Å². The van der Waals surface area contributed by atoms with Crippen LogP contribution in [0.15, 0.2) is 30.3 Å². The molecule has 0 aliphatic carbocycles. The van der Waals surface area contributed by atoms with Crippen molar-refractivity contribution in [2.75, 3.05) is 13.1 Å². The van der Waals surface area contributed by atoms with E-state index in [1.54, 1.807) is 0 Å². The first-order valence-corrected chi connectivity index (χ1v) is 10.5. The van der Waals surface area contributed by atoms with Gasteiger partial charge in [0.25, 0.3) is 0 Å².